The molecule has 1 fully saturated rings. The second-order valence-corrected chi connectivity index (χ2v) is 4.72. The van der Waals surface area contributed by atoms with Crippen molar-refractivity contribution in [1.29, 1.82) is 0 Å². The Morgan fingerprint density at radius 2 is 2.54 bits per heavy atom. The molecule has 13 heavy (non-hydrogen) atoms. The standard InChI is InChI=1S/C10H13ClOS/c1-7-3-5-13-10(7)9-8(6-11)2-4-12-9/h3,5,8-9H,2,4,6H2,1H3. The minimum Gasteiger partial charge on any atom is -0.372 e. The van der Waals surface area contributed by atoms with E-state index < -0.39 is 0 Å². The summed E-state index contributed by atoms with van der Waals surface area (Å²) in [6, 6.07) is 2.15. The molecule has 1 nitrogen and oxygen atoms in total. The Bertz CT molecular complexity index is 284. The summed E-state index contributed by atoms with van der Waals surface area (Å²) >= 11 is 7.68. The topological polar surface area (TPSA) is 9.23 Å². The lowest BCUT2D eigenvalue weighted by molar-refractivity contribution is 0.0975. The van der Waals surface area contributed by atoms with Crippen LogP contribution in [0.15, 0.2) is 11.4 Å². The number of alkyl halides is 1. The van der Waals surface area contributed by atoms with Crippen molar-refractivity contribution < 1.29 is 4.74 Å². The van der Waals surface area contributed by atoms with Gasteiger partial charge in [-0.25, -0.2) is 0 Å². The zero-order chi connectivity index (χ0) is 9.26. The fourth-order valence-electron chi connectivity index (χ4n) is 1.76. The SMILES string of the molecule is Cc1ccsc1C1OCCC1CCl. The van der Waals surface area contributed by atoms with E-state index in [1.807, 2.05) is 0 Å². The average Bonchev–Trinajstić information content (AvgIpc) is 2.71. The molecular weight excluding hydrogens is 204 g/mol. The summed E-state index contributed by atoms with van der Waals surface area (Å²) in [5.41, 5.74) is 1.34. The van der Waals surface area contributed by atoms with Gasteiger partial charge in [0.1, 0.15) is 0 Å². The number of hydrogen-bond donors (Lipinski definition) is 0. The third-order valence-corrected chi connectivity index (χ3v) is 4.05. The maximum Gasteiger partial charge on any atom is 0.0959 e. The Labute approximate surface area is 87.7 Å². The van der Waals surface area contributed by atoms with Crippen LogP contribution in [0.2, 0.25) is 0 Å². The van der Waals surface area contributed by atoms with Crippen LogP contribution in [0.5, 0.6) is 0 Å². The lowest BCUT2D eigenvalue weighted by Crippen LogP contribution is -2.08. The molecule has 1 aliphatic heterocycles. The molecule has 2 unspecified atom stereocenters. The molecule has 2 rings (SSSR count). The number of rotatable bonds is 2. The van der Waals surface area contributed by atoms with Gasteiger partial charge in [-0.05, 0) is 30.4 Å². The number of halogens is 1. The summed E-state index contributed by atoms with van der Waals surface area (Å²) in [5, 5.41) is 2.12. The molecule has 0 bridgehead atoms. The first-order valence-electron chi connectivity index (χ1n) is 4.54. The molecule has 1 saturated heterocycles. The van der Waals surface area contributed by atoms with Gasteiger partial charge in [-0.3, -0.25) is 0 Å². The van der Waals surface area contributed by atoms with Crippen molar-refractivity contribution in [2.75, 3.05) is 12.5 Å². The van der Waals surface area contributed by atoms with Gasteiger partial charge < -0.3 is 4.74 Å². The van der Waals surface area contributed by atoms with Gasteiger partial charge in [0.15, 0.2) is 0 Å². The van der Waals surface area contributed by atoms with Crippen LogP contribution in [-0.4, -0.2) is 12.5 Å². The second-order valence-electron chi connectivity index (χ2n) is 3.46. The van der Waals surface area contributed by atoms with E-state index in [-0.39, 0.29) is 6.10 Å². The van der Waals surface area contributed by atoms with Crippen molar-refractivity contribution >= 4 is 22.9 Å². The summed E-state index contributed by atoms with van der Waals surface area (Å²) in [6.45, 7) is 3.00. The number of aryl methyl sites for hydroxylation is 1. The zero-order valence-electron chi connectivity index (χ0n) is 7.63. The zero-order valence-corrected chi connectivity index (χ0v) is 9.20. The number of hydrogen-bond acceptors (Lipinski definition) is 2. The minimum absolute atomic E-state index is 0.262. The maximum absolute atomic E-state index is 5.90. The highest BCUT2D eigenvalue weighted by Gasteiger charge is 2.30. The number of ether oxygens (including phenoxy) is 1. The van der Waals surface area contributed by atoms with Crippen molar-refractivity contribution in [3.8, 4) is 0 Å². The Hall–Kier alpha value is -0.0500. The Balaban J connectivity index is 2.20. The molecule has 2 heterocycles. The van der Waals surface area contributed by atoms with Crippen LogP contribution in [0.1, 0.15) is 23.0 Å². The molecular formula is C10H13ClOS. The first kappa shape index (κ1) is 9.50. The van der Waals surface area contributed by atoms with E-state index >= 15 is 0 Å². The van der Waals surface area contributed by atoms with E-state index in [1.54, 1.807) is 11.3 Å². The molecule has 1 aromatic rings. The largest absolute Gasteiger partial charge is 0.372 e. The second kappa shape index (κ2) is 3.99. The van der Waals surface area contributed by atoms with Crippen LogP contribution in [0.4, 0.5) is 0 Å². The minimum atomic E-state index is 0.262. The van der Waals surface area contributed by atoms with Gasteiger partial charge in [-0.15, -0.1) is 22.9 Å². The van der Waals surface area contributed by atoms with E-state index in [2.05, 4.69) is 18.4 Å². The van der Waals surface area contributed by atoms with Crippen molar-refractivity contribution in [3.63, 3.8) is 0 Å². The Kier molecular flexibility index (Phi) is 2.92. The van der Waals surface area contributed by atoms with Crippen molar-refractivity contribution in [2.24, 2.45) is 5.92 Å². The summed E-state index contributed by atoms with van der Waals surface area (Å²) in [6.07, 6.45) is 1.36. The van der Waals surface area contributed by atoms with Crippen LogP contribution in [0.3, 0.4) is 0 Å². The summed E-state index contributed by atoms with van der Waals surface area (Å²) in [4.78, 5) is 1.36. The molecule has 1 aliphatic rings. The van der Waals surface area contributed by atoms with Crippen LogP contribution in [0.25, 0.3) is 0 Å². The molecule has 0 aromatic carbocycles. The van der Waals surface area contributed by atoms with Gasteiger partial charge in [-0.1, -0.05) is 0 Å². The van der Waals surface area contributed by atoms with E-state index in [4.69, 9.17) is 16.3 Å². The van der Waals surface area contributed by atoms with E-state index in [0.717, 1.165) is 13.0 Å². The van der Waals surface area contributed by atoms with Crippen LogP contribution < -0.4 is 0 Å². The monoisotopic (exact) mass is 216 g/mol. The highest BCUT2D eigenvalue weighted by Crippen LogP contribution is 2.39. The maximum atomic E-state index is 5.90. The van der Waals surface area contributed by atoms with Crippen molar-refractivity contribution in [1.82, 2.24) is 0 Å². The fraction of sp³-hybridized carbons (Fsp3) is 0.600. The van der Waals surface area contributed by atoms with Crippen molar-refractivity contribution in [3.05, 3.63) is 21.9 Å². The Morgan fingerprint density at radius 1 is 1.69 bits per heavy atom. The predicted octanol–water partition coefficient (Wildman–Crippen LogP) is 3.37. The van der Waals surface area contributed by atoms with E-state index in [0.29, 0.717) is 11.8 Å². The lowest BCUT2D eigenvalue weighted by Gasteiger charge is -2.15. The number of thiophene rings is 1. The molecule has 0 aliphatic carbocycles. The van der Waals surface area contributed by atoms with Gasteiger partial charge in [-0.2, -0.15) is 0 Å². The normalized spacial score (nSPS) is 28.2. The van der Waals surface area contributed by atoms with Gasteiger partial charge in [0.25, 0.3) is 0 Å². The van der Waals surface area contributed by atoms with Gasteiger partial charge in [0.2, 0.25) is 0 Å². The lowest BCUT2D eigenvalue weighted by atomic mass is 10.0. The molecule has 3 heteroatoms. The third-order valence-electron chi connectivity index (χ3n) is 2.57. The predicted molar refractivity (Wildman–Crippen MR) is 56.6 cm³/mol. The fourth-order valence-corrected chi connectivity index (χ4v) is 3.14. The molecule has 0 saturated carbocycles. The van der Waals surface area contributed by atoms with Gasteiger partial charge >= 0.3 is 0 Å². The van der Waals surface area contributed by atoms with E-state index in [9.17, 15) is 0 Å². The summed E-state index contributed by atoms with van der Waals surface area (Å²) in [7, 11) is 0. The molecule has 0 spiro atoms. The molecule has 0 N–H and O–H groups in total. The third kappa shape index (κ3) is 1.76. The Morgan fingerprint density at radius 3 is 3.15 bits per heavy atom. The summed E-state index contributed by atoms with van der Waals surface area (Å²) < 4.78 is 5.71. The van der Waals surface area contributed by atoms with Crippen LogP contribution in [-0.2, 0) is 4.74 Å². The first-order chi connectivity index (χ1) is 6.33. The molecule has 2 atom stereocenters. The highest BCUT2D eigenvalue weighted by molar-refractivity contribution is 7.10. The van der Waals surface area contributed by atoms with Crippen molar-refractivity contribution in [2.45, 2.75) is 19.4 Å². The molecule has 1 aromatic heterocycles. The van der Waals surface area contributed by atoms with Crippen LogP contribution >= 0.6 is 22.9 Å². The summed E-state index contributed by atoms with van der Waals surface area (Å²) in [5.74, 6) is 1.22. The highest BCUT2D eigenvalue weighted by atomic mass is 35.5. The first-order valence-corrected chi connectivity index (χ1v) is 5.96. The molecule has 0 radical (unpaired) electrons. The van der Waals surface area contributed by atoms with Gasteiger partial charge in [0, 0.05) is 23.3 Å². The van der Waals surface area contributed by atoms with Crippen LogP contribution in [0, 0.1) is 12.8 Å². The molecule has 0 amide bonds. The average molecular weight is 217 g/mol. The molecule has 72 valence electrons. The smallest absolute Gasteiger partial charge is 0.0959 e. The quantitative estimate of drug-likeness (QED) is 0.689. The van der Waals surface area contributed by atoms with E-state index in [1.165, 1.54) is 10.4 Å². The van der Waals surface area contributed by atoms with Gasteiger partial charge in [0.05, 0.1) is 6.10 Å².